The number of nitrogens with zero attached hydrogens (tertiary/aromatic N) is 1. The number of rotatable bonds is 4. The lowest BCUT2D eigenvalue weighted by atomic mass is 9.98. The second-order valence-electron chi connectivity index (χ2n) is 7.73. The summed E-state index contributed by atoms with van der Waals surface area (Å²) in [4.78, 5) is 13.0. The Hall–Kier alpha value is -1.96. The van der Waals surface area contributed by atoms with Gasteiger partial charge in [-0.25, -0.2) is 0 Å². The highest BCUT2D eigenvalue weighted by Gasteiger charge is 2.32. The van der Waals surface area contributed by atoms with Gasteiger partial charge < -0.3 is 9.84 Å². The highest BCUT2D eigenvalue weighted by atomic mass is 35.5. The third kappa shape index (κ3) is 4.86. The lowest BCUT2D eigenvalue weighted by Crippen LogP contribution is -2.51. The maximum absolute atomic E-state index is 10.9. The molecule has 0 bridgehead atoms. The van der Waals surface area contributed by atoms with Crippen LogP contribution in [0.3, 0.4) is 0 Å². The minimum Gasteiger partial charge on any atom is -0.489 e. The third-order valence-electron chi connectivity index (χ3n) is 5.62. The van der Waals surface area contributed by atoms with E-state index in [2.05, 4.69) is 34.9 Å². The molecule has 0 aromatic heterocycles. The van der Waals surface area contributed by atoms with Crippen molar-refractivity contribution in [3.05, 3.63) is 34.9 Å². The van der Waals surface area contributed by atoms with Crippen LogP contribution in [-0.2, 0) is 4.79 Å². The van der Waals surface area contributed by atoms with Crippen LogP contribution < -0.4 is 4.74 Å². The van der Waals surface area contributed by atoms with E-state index in [-0.39, 0.29) is 18.3 Å². The predicted molar refractivity (Wildman–Crippen MR) is 108 cm³/mol. The van der Waals surface area contributed by atoms with Gasteiger partial charge in [0, 0.05) is 37.2 Å². The molecule has 2 fully saturated rings. The molecule has 27 heavy (non-hydrogen) atoms. The van der Waals surface area contributed by atoms with E-state index >= 15 is 0 Å². The first kappa shape index (κ1) is 19.8. The summed E-state index contributed by atoms with van der Waals surface area (Å²) in [6, 6.07) is 6.17. The smallest absolute Gasteiger partial charge is 0.309 e. The van der Waals surface area contributed by atoms with E-state index in [0.29, 0.717) is 19.7 Å². The van der Waals surface area contributed by atoms with Gasteiger partial charge in [-0.15, -0.1) is 12.4 Å². The molecule has 1 saturated carbocycles. The van der Waals surface area contributed by atoms with Crippen LogP contribution in [0.25, 0.3) is 6.08 Å². The number of carboxylic acids is 1. The molecule has 0 atom stereocenters. The molecule has 1 aliphatic carbocycles. The largest absolute Gasteiger partial charge is 0.489 e. The molecule has 2 aliphatic heterocycles. The SMILES string of the molecule is Cl.O=C(O)C1CN(CC2=Cc3ccc(C#CCC4CCCC4)cc3OC2)C1. The quantitative estimate of drug-likeness (QED) is 0.797. The van der Waals surface area contributed by atoms with Crippen LogP contribution in [0.1, 0.15) is 43.2 Å². The van der Waals surface area contributed by atoms with Crippen LogP contribution in [0.2, 0.25) is 0 Å². The number of aliphatic carboxylic acids is 1. The molecule has 4 rings (SSSR count). The molecule has 1 aromatic carbocycles. The summed E-state index contributed by atoms with van der Waals surface area (Å²) in [7, 11) is 0. The Kier molecular flexibility index (Phi) is 6.46. The van der Waals surface area contributed by atoms with E-state index in [4.69, 9.17) is 9.84 Å². The molecule has 144 valence electrons. The van der Waals surface area contributed by atoms with Gasteiger partial charge in [0.15, 0.2) is 0 Å². The first-order chi connectivity index (χ1) is 12.7. The molecular weight excluding hydrogens is 362 g/mol. The Labute approximate surface area is 167 Å². The molecule has 2 heterocycles. The molecular formula is C22H26ClNO3. The van der Waals surface area contributed by atoms with Crippen molar-refractivity contribution in [1.82, 2.24) is 4.90 Å². The molecule has 1 N–H and O–H groups in total. The molecule has 0 unspecified atom stereocenters. The third-order valence-corrected chi connectivity index (χ3v) is 5.62. The van der Waals surface area contributed by atoms with Crippen LogP contribution in [0.15, 0.2) is 23.8 Å². The molecule has 0 amide bonds. The topological polar surface area (TPSA) is 49.8 Å². The first-order valence-corrected chi connectivity index (χ1v) is 9.58. The summed E-state index contributed by atoms with van der Waals surface area (Å²) in [6.45, 7) is 2.62. The average Bonchev–Trinajstić information content (AvgIpc) is 3.10. The lowest BCUT2D eigenvalue weighted by Gasteiger charge is -2.37. The number of ether oxygens (including phenoxy) is 1. The monoisotopic (exact) mass is 387 g/mol. The van der Waals surface area contributed by atoms with Gasteiger partial charge in [0.1, 0.15) is 12.4 Å². The summed E-state index contributed by atoms with van der Waals surface area (Å²) in [5.74, 6) is 7.41. The highest BCUT2D eigenvalue weighted by Crippen LogP contribution is 2.29. The number of hydrogen-bond donors (Lipinski definition) is 1. The van der Waals surface area contributed by atoms with Crippen molar-refractivity contribution in [1.29, 1.82) is 0 Å². The molecule has 0 radical (unpaired) electrons. The number of carbonyl (C=O) groups is 1. The van der Waals surface area contributed by atoms with Gasteiger partial charge in [-0.05, 0) is 42.5 Å². The number of carboxylic acid groups (broad SMARTS) is 1. The summed E-state index contributed by atoms with van der Waals surface area (Å²) < 4.78 is 5.92. The van der Waals surface area contributed by atoms with Crippen LogP contribution in [0.5, 0.6) is 5.75 Å². The second-order valence-corrected chi connectivity index (χ2v) is 7.73. The summed E-state index contributed by atoms with van der Waals surface area (Å²) in [5.41, 5.74) is 3.30. The number of likely N-dealkylation sites (tertiary alicyclic amines) is 1. The summed E-state index contributed by atoms with van der Waals surface area (Å²) in [6.07, 6.45) is 8.57. The van der Waals surface area contributed by atoms with Gasteiger partial charge in [-0.3, -0.25) is 9.69 Å². The minimum atomic E-state index is -0.693. The fraction of sp³-hybridized carbons (Fsp3) is 0.500. The van der Waals surface area contributed by atoms with Crippen LogP contribution in [-0.4, -0.2) is 42.2 Å². The Morgan fingerprint density at radius 2 is 2.04 bits per heavy atom. The summed E-state index contributed by atoms with van der Waals surface area (Å²) in [5, 5.41) is 8.96. The van der Waals surface area contributed by atoms with Gasteiger partial charge in [0.05, 0.1) is 5.92 Å². The van der Waals surface area contributed by atoms with Gasteiger partial charge in [0.25, 0.3) is 0 Å². The van der Waals surface area contributed by atoms with Crippen LogP contribution in [0.4, 0.5) is 0 Å². The van der Waals surface area contributed by atoms with Gasteiger partial charge in [0.2, 0.25) is 0 Å². The van der Waals surface area contributed by atoms with Crippen LogP contribution >= 0.6 is 12.4 Å². The number of halogens is 1. The molecule has 5 heteroatoms. The van der Waals surface area contributed by atoms with Crippen molar-refractivity contribution in [2.24, 2.45) is 11.8 Å². The lowest BCUT2D eigenvalue weighted by molar-refractivity contribution is -0.147. The standard InChI is InChI=1S/C22H25NO3.ClH/c24-22(25)20-13-23(14-20)12-18-10-19-9-8-17(11-21(19)26-15-18)7-3-6-16-4-1-2-5-16;/h8-11,16,20H,1-2,4-6,12-15H2,(H,24,25);1H. The predicted octanol–water partition coefficient (Wildman–Crippen LogP) is 3.83. The number of fused-ring (bicyclic) bond motifs is 1. The fourth-order valence-corrected chi connectivity index (χ4v) is 4.03. The number of hydrogen-bond acceptors (Lipinski definition) is 3. The number of benzene rings is 1. The van der Waals surface area contributed by atoms with Gasteiger partial charge in [-0.1, -0.05) is 30.7 Å². The van der Waals surface area contributed by atoms with E-state index in [1.165, 1.54) is 31.3 Å². The van der Waals surface area contributed by atoms with Gasteiger partial charge >= 0.3 is 5.97 Å². The first-order valence-electron chi connectivity index (χ1n) is 9.58. The molecule has 3 aliphatic rings. The Balaban J connectivity index is 0.00000210. The Morgan fingerprint density at radius 3 is 2.78 bits per heavy atom. The zero-order valence-corrected chi connectivity index (χ0v) is 16.3. The van der Waals surface area contributed by atoms with Crippen molar-refractivity contribution in [2.75, 3.05) is 26.2 Å². The molecule has 1 aromatic rings. The van der Waals surface area contributed by atoms with E-state index in [9.17, 15) is 4.79 Å². The van der Waals surface area contributed by atoms with Gasteiger partial charge in [-0.2, -0.15) is 0 Å². The zero-order valence-electron chi connectivity index (χ0n) is 15.4. The van der Waals surface area contributed by atoms with Crippen LogP contribution in [0, 0.1) is 23.7 Å². The van der Waals surface area contributed by atoms with Crippen molar-refractivity contribution >= 4 is 24.5 Å². The summed E-state index contributed by atoms with van der Waals surface area (Å²) >= 11 is 0. The maximum atomic E-state index is 10.9. The van der Waals surface area contributed by atoms with E-state index in [0.717, 1.165) is 35.8 Å². The van der Waals surface area contributed by atoms with Crippen molar-refractivity contribution in [3.63, 3.8) is 0 Å². The average molecular weight is 388 g/mol. The van der Waals surface area contributed by atoms with E-state index in [1.54, 1.807) is 0 Å². The molecule has 0 spiro atoms. The molecule has 1 saturated heterocycles. The minimum absolute atomic E-state index is 0. The Morgan fingerprint density at radius 1 is 1.26 bits per heavy atom. The Bertz CT molecular complexity index is 780. The zero-order chi connectivity index (χ0) is 17.9. The normalized spacial score (nSPS) is 19.6. The highest BCUT2D eigenvalue weighted by molar-refractivity contribution is 5.85. The van der Waals surface area contributed by atoms with E-state index < -0.39 is 5.97 Å². The fourth-order valence-electron chi connectivity index (χ4n) is 4.03. The maximum Gasteiger partial charge on any atom is 0.309 e. The van der Waals surface area contributed by atoms with Crippen molar-refractivity contribution in [2.45, 2.75) is 32.1 Å². The van der Waals surface area contributed by atoms with E-state index in [1.807, 2.05) is 6.07 Å². The molecule has 4 nitrogen and oxygen atoms in total. The second kappa shape index (κ2) is 8.82. The van der Waals surface area contributed by atoms with Crippen molar-refractivity contribution < 1.29 is 14.6 Å². The van der Waals surface area contributed by atoms with Crippen molar-refractivity contribution in [3.8, 4) is 17.6 Å².